The van der Waals surface area contributed by atoms with Gasteiger partial charge in [0.25, 0.3) is 5.82 Å². The summed E-state index contributed by atoms with van der Waals surface area (Å²) in [5.74, 6) is 1.33. The second kappa shape index (κ2) is 5.41. The molecule has 0 radical (unpaired) electrons. The van der Waals surface area contributed by atoms with Crippen molar-refractivity contribution in [2.24, 2.45) is 7.05 Å². The quantitative estimate of drug-likeness (QED) is 0.435. The van der Waals surface area contributed by atoms with Crippen molar-refractivity contribution in [2.75, 3.05) is 0 Å². The summed E-state index contributed by atoms with van der Waals surface area (Å²) >= 11 is 2.37. The molecule has 0 saturated heterocycles. The van der Waals surface area contributed by atoms with E-state index < -0.39 is 0 Å². The topological polar surface area (TPSA) is 8.81 Å². The Morgan fingerprint density at radius 2 is 2.17 bits per heavy atom. The summed E-state index contributed by atoms with van der Waals surface area (Å²) in [6.07, 6.45) is 3.36. The molecule has 0 unspecified atom stereocenters. The predicted octanol–water partition coefficient (Wildman–Crippen LogP) is -1.36. The average Bonchev–Trinajstić information content (AvgIpc) is 2.17. The molecule has 1 aromatic heterocycles. The highest BCUT2D eigenvalue weighted by atomic mass is 127. The summed E-state index contributed by atoms with van der Waals surface area (Å²) in [6, 6.07) is 0. The molecule has 0 saturated carbocycles. The smallest absolute Gasteiger partial charge is 0.253 e. The first-order valence-corrected chi connectivity index (χ1v) is 4.96. The van der Waals surface area contributed by atoms with Gasteiger partial charge in [-0.1, -0.05) is 6.92 Å². The summed E-state index contributed by atoms with van der Waals surface area (Å²) in [7, 11) is 2.09. The summed E-state index contributed by atoms with van der Waals surface area (Å²) < 4.78 is 5.82. The van der Waals surface area contributed by atoms with Gasteiger partial charge in [0.2, 0.25) is 3.70 Å². The molecule has 0 aliphatic carbocycles. The monoisotopic (exact) mass is 392 g/mol. The van der Waals surface area contributed by atoms with Gasteiger partial charge in [-0.05, 0) is 6.42 Å². The first kappa shape index (κ1) is 12.7. The lowest BCUT2D eigenvalue weighted by Crippen LogP contribution is -3.00. The fourth-order valence-electron chi connectivity index (χ4n) is 1.16. The van der Waals surface area contributed by atoms with E-state index in [9.17, 15) is 0 Å². The van der Waals surface area contributed by atoms with E-state index in [0.717, 1.165) is 6.54 Å². The van der Waals surface area contributed by atoms with Gasteiger partial charge in [-0.2, -0.15) is 0 Å². The summed E-state index contributed by atoms with van der Waals surface area (Å²) in [5, 5.41) is 0. The molecule has 1 rings (SSSR count). The molecule has 0 aliphatic rings. The summed E-state index contributed by atoms with van der Waals surface area (Å²) in [4.78, 5) is 0. The molecule has 0 amide bonds. The molecule has 1 aromatic rings. The Kier molecular flexibility index (Phi) is 5.71. The molecule has 0 fully saturated rings. The Labute approximate surface area is 105 Å². The van der Waals surface area contributed by atoms with Crippen molar-refractivity contribution in [3.05, 3.63) is 15.7 Å². The standard InChI is InChI=1S/C8H14IN2.HI/c1-4-5-11-7(2)10(3)6-8(11)9;/h6H,4-5H2,1-3H3;1H/q+1;/p-1. The molecule has 1 heterocycles. The van der Waals surface area contributed by atoms with Crippen LogP contribution < -0.4 is 28.5 Å². The summed E-state index contributed by atoms with van der Waals surface area (Å²) in [5.41, 5.74) is 0. The minimum atomic E-state index is 0. The number of nitrogens with zero attached hydrogens (tertiary/aromatic N) is 2. The largest absolute Gasteiger partial charge is 1.00 e. The lowest BCUT2D eigenvalue weighted by molar-refractivity contribution is -0.677. The SMILES string of the molecule is CCCn1c(I)c[n+](C)c1C.[I-]. The average molecular weight is 392 g/mol. The number of aryl methyl sites for hydroxylation is 1. The van der Waals surface area contributed by atoms with Crippen LogP contribution in [0.1, 0.15) is 19.2 Å². The molecule has 0 bridgehead atoms. The zero-order chi connectivity index (χ0) is 8.43. The third-order valence-electron chi connectivity index (χ3n) is 1.91. The molecular formula is C8H14I2N2. The van der Waals surface area contributed by atoms with Gasteiger partial charge in [0, 0.05) is 29.5 Å². The van der Waals surface area contributed by atoms with Gasteiger partial charge in [0.15, 0.2) is 0 Å². The Balaban J connectivity index is 0.00000121. The first-order chi connectivity index (χ1) is 5.16. The van der Waals surface area contributed by atoms with Gasteiger partial charge in [-0.15, -0.1) is 0 Å². The highest BCUT2D eigenvalue weighted by Crippen LogP contribution is 2.06. The van der Waals surface area contributed by atoms with E-state index in [4.69, 9.17) is 0 Å². The van der Waals surface area contributed by atoms with E-state index in [1.165, 1.54) is 15.9 Å². The molecule has 4 heteroatoms. The molecule has 12 heavy (non-hydrogen) atoms. The number of halogens is 2. The highest BCUT2D eigenvalue weighted by molar-refractivity contribution is 14.1. The van der Waals surface area contributed by atoms with Gasteiger partial charge in [-0.3, -0.25) is 0 Å². The molecule has 0 aromatic carbocycles. The predicted molar refractivity (Wildman–Crippen MR) is 53.4 cm³/mol. The highest BCUT2D eigenvalue weighted by Gasteiger charge is 2.13. The second-order valence-electron chi connectivity index (χ2n) is 2.76. The normalized spacial score (nSPS) is 9.67. The van der Waals surface area contributed by atoms with Gasteiger partial charge in [0.05, 0.1) is 13.6 Å². The van der Waals surface area contributed by atoms with Crippen LogP contribution in [0.3, 0.4) is 0 Å². The van der Waals surface area contributed by atoms with Crippen LogP contribution in [-0.2, 0) is 13.6 Å². The third kappa shape index (κ3) is 2.58. The van der Waals surface area contributed by atoms with Crippen LogP contribution >= 0.6 is 22.6 Å². The van der Waals surface area contributed by atoms with E-state index in [1.807, 2.05) is 0 Å². The Bertz CT molecular complexity index is 256. The molecule has 0 atom stereocenters. The van der Waals surface area contributed by atoms with Gasteiger partial charge < -0.3 is 24.0 Å². The minimum Gasteiger partial charge on any atom is -1.00 e. The van der Waals surface area contributed by atoms with Crippen LogP contribution in [0, 0.1) is 10.6 Å². The molecule has 2 nitrogen and oxygen atoms in total. The number of rotatable bonds is 2. The first-order valence-electron chi connectivity index (χ1n) is 3.88. The van der Waals surface area contributed by atoms with E-state index >= 15 is 0 Å². The van der Waals surface area contributed by atoms with Crippen LogP contribution in [0.25, 0.3) is 0 Å². The molecule has 0 N–H and O–H groups in total. The third-order valence-corrected chi connectivity index (χ3v) is 2.77. The molecular weight excluding hydrogens is 378 g/mol. The van der Waals surface area contributed by atoms with Crippen molar-refractivity contribution >= 4 is 22.6 Å². The maximum atomic E-state index is 2.37. The Hall–Kier alpha value is 0.670. The van der Waals surface area contributed by atoms with Crippen molar-refractivity contribution in [1.82, 2.24) is 4.57 Å². The number of aromatic nitrogens is 2. The fourth-order valence-corrected chi connectivity index (χ4v) is 2.17. The van der Waals surface area contributed by atoms with Crippen LogP contribution in [0.15, 0.2) is 6.20 Å². The number of imidazole rings is 1. The second-order valence-corrected chi connectivity index (χ2v) is 3.87. The van der Waals surface area contributed by atoms with Crippen molar-refractivity contribution in [3.63, 3.8) is 0 Å². The van der Waals surface area contributed by atoms with E-state index in [1.54, 1.807) is 0 Å². The molecule has 70 valence electrons. The van der Waals surface area contributed by atoms with E-state index in [2.05, 4.69) is 58.8 Å². The molecule has 0 spiro atoms. The maximum absolute atomic E-state index is 2.37. The van der Waals surface area contributed by atoms with Crippen molar-refractivity contribution < 1.29 is 28.5 Å². The van der Waals surface area contributed by atoms with Crippen molar-refractivity contribution in [1.29, 1.82) is 0 Å². The van der Waals surface area contributed by atoms with Crippen molar-refractivity contribution in [3.8, 4) is 0 Å². The van der Waals surface area contributed by atoms with Crippen LogP contribution in [-0.4, -0.2) is 4.57 Å². The zero-order valence-corrected chi connectivity index (χ0v) is 12.0. The zero-order valence-electron chi connectivity index (χ0n) is 7.64. The number of hydrogen-bond acceptors (Lipinski definition) is 0. The molecule has 0 aliphatic heterocycles. The van der Waals surface area contributed by atoms with Gasteiger partial charge >= 0.3 is 0 Å². The van der Waals surface area contributed by atoms with E-state index in [0.29, 0.717) is 0 Å². The lowest BCUT2D eigenvalue weighted by Gasteiger charge is -1.95. The van der Waals surface area contributed by atoms with Crippen LogP contribution in [0.2, 0.25) is 0 Å². The van der Waals surface area contributed by atoms with Crippen molar-refractivity contribution in [2.45, 2.75) is 26.8 Å². The maximum Gasteiger partial charge on any atom is 0.253 e. The Morgan fingerprint density at radius 1 is 1.58 bits per heavy atom. The number of hydrogen-bond donors (Lipinski definition) is 0. The van der Waals surface area contributed by atoms with Gasteiger partial charge in [-0.25, -0.2) is 9.13 Å². The van der Waals surface area contributed by atoms with Crippen LogP contribution in [0.5, 0.6) is 0 Å². The Morgan fingerprint density at radius 3 is 2.50 bits per heavy atom. The lowest BCUT2D eigenvalue weighted by atomic mass is 10.5. The van der Waals surface area contributed by atoms with Gasteiger partial charge in [0.1, 0.15) is 6.20 Å². The van der Waals surface area contributed by atoms with Crippen LogP contribution in [0.4, 0.5) is 0 Å². The van der Waals surface area contributed by atoms with E-state index in [-0.39, 0.29) is 24.0 Å². The minimum absolute atomic E-state index is 0. The summed E-state index contributed by atoms with van der Waals surface area (Å²) in [6.45, 7) is 5.48. The fraction of sp³-hybridized carbons (Fsp3) is 0.625.